The summed E-state index contributed by atoms with van der Waals surface area (Å²) in [6.07, 6.45) is 2.89. The van der Waals surface area contributed by atoms with Crippen LogP contribution in [-0.2, 0) is 5.54 Å². The molecular weight excluding hydrogens is 229 g/mol. The van der Waals surface area contributed by atoms with Gasteiger partial charge in [-0.2, -0.15) is 0 Å². The molecule has 1 aliphatic carbocycles. The summed E-state index contributed by atoms with van der Waals surface area (Å²) in [7, 11) is 1.72. The Bertz CT molecular complexity index is 396. The molecule has 2 rings (SSSR count). The van der Waals surface area contributed by atoms with Crippen LogP contribution in [0.2, 0.25) is 0 Å². The van der Waals surface area contributed by atoms with Crippen molar-refractivity contribution in [1.82, 2.24) is 10.3 Å². The zero-order valence-electron chi connectivity index (χ0n) is 9.64. The largest absolute Gasteiger partial charge is 0.310 e. The Hall–Kier alpha value is -1.10. The first-order chi connectivity index (χ1) is 7.97. The van der Waals surface area contributed by atoms with Gasteiger partial charge in [-0.3, -0.25) is 4.98 Å². The van der Waals surface area contributed by atoms with Crippen molar-refractivity contribution in [2.45, 2.75) is 37.1 Å². The molecule has 0 spiro atoms. The summed E-state index contributed by atoms with van der Waals surface area (Å²) in [5.41, 5.74) is 0.0760. The van der Waals surface area contributed by atoms with Crippen LogP contribution in [0.4, 0.5) is 13.2 Å². The first-order valence-corrected chi connectivity index (χ1v) is 5.65. The highest BCUT2D eigenvalue weighted by molar-refractivity contribution is 5.22. The molecule has 0 amide bonds. The minimum atomic E-state index is -2.60. The number of aromatic nitrogens is 1. The topological polar surface area (TPSA) is 24.9 Å². The number of nitrogens with one attached hydrogen (secondary N) is 1. The van der Waals surface area contributed by atoms with E-state index in [0.29, 0.717) is 18.4 Å². The SMILES string of the molecule is CNC1(c2cncc(F)c2)CCC(F)(F)CC1. The zero-order chi connectivity index (χ0) is 12.5. The summed E-state index contributed by atoms with van der Waals surface area (Å²) < 4.78 is 39.5. The number of pyridine rings is 1. The van der Waals surface area contributed by atoms with E-state index in [0.717, 1.165) is 6.20 Å². The highest BCUT2D eigenvalue weighted by Gasteiger charge is 2.43. The molecule has 0 atom stereocenters. The highest BCUT2D eigenvalue weighted by Crippen LogP contribution is 2.43. The van der Waals surface area contributed by atoms with Gasteiger partial charge in [0.2, 0.25) is 5.92 Å². The van der Waals surface area contributed by atoms with Crippen LogP contribution in [0.3, 0.4) is 0 Å². The molecule has 1 aromatic heterocycles. The second-order valence-corrected chi connectivity index (χ2v) is 4.58. The van der Waals surface area contributed by atoms with Gasteiger partial charge in [0.25, 0.3) is 0 Å². The lowest BCUT2D eigenvalue weighted by atomic mass is 9.76. The Morgan fingerprint density at radius 3 is 2.35 bits per heavy atom. The van der Waals surface area contributed by atoms with Gasteiger partial charge in [0.05, 0.1) is 6.20 Å². The molecule has 1 N–H and O–H groups in total. The number of nitrogens with zero attached hydrogens (tertiary/aromatic N) is 1. The van der Waals surface area contributed by atoms with E-state index in [9.17, 15) is 13.2 Å². The average molecular weight is 244 g/mol. The van der Waals surface area contributed by atoms with Crippen LogP contribution < -0.4 is 5.32 Å². The first kappa shape index (κ1) is 12.4. The van der Waals surface area contributed by atoms with E-state index in [4.69, 9.17) is 0 Å². The van der Waals surface area contributed by atoms with Gasteiger partial charge in [-0.1, -0.05) is 0 Å². The minimum absolute atomic E-state index is 0.176. The molecule has 94 valence electrons. The van der Waals surface area contributed by atoms with E-state index < -0.39 is 17.3 Å². The Morgan fingerprint density at radius 1 is 1.18 bits per heavy atom. The average Bonchev–Trinajstić information content (AvgIpc) is 2.30. The van der Waals surface area contributed by atoms with Crippen LogP contribution in [0.5, 0.6) is 0 Å². The van der Waals surface area contributed by atoms with Crippen LogP contribution in [0, 0.1) is 5.82 Å². The van der Waals surface area contributed by atoms with Crippen molar-refractivity contribution in [3.63, 3.8) is 0 Å². The summed E-state index contributed by atoms with van der Waals surface area (Å²) in [4.78, 5) is 3.79. The van der Waals surface area contributed by atoms with Crippen LogP contribution in [-0.4, -0.2) is 18.0 Å². The van der Waals surface area contributed by atoms with Gasteiger partial charge in [0.1, 0.15) is 5.82 Å². The molecule has 1 saturated carbocycles. The Morgan fingerprint density at radius 2 is 1.82 bits per heavy atom. The van der Waals surface area contributed by atoms with Gasteiger partial charge in [0, 0.05) is 24.6 Å². The van der Waals surface area contributed by atoms with Crippen LogP contribution >= 0.6 is 0 Å². The van der Waals surface area contributed by atoms with Crippen LogP contribution in [0.25, 0.3) is 0 Å². The Kier molecular flexibility index (Phi) is 3.12. The molecule has 5 heteroatoms. The van der Waals surface area contributed by atoms with Gasteiger partial charge < -0.3 is 5.32 Å². The summed E-state index contributed by atoms with van der Waals surface area (Å²) >= 11 is 0. The molecule has 0 unspecified atom stereocenters. The third-order valence-corrected chi connectivity index (χ3v) is 3.57. The van der Waals surface area contributed by atoms with Crippen LogP contribution in [0.15, 0.2) is 18.5 Å². The van der Waals surface area contributed by atoms with Gasteiger partial charge in [-0.15, -0.1) is 0 Å². The van der Waals surface area contributed by atoms with Crippen molar-refractivity contribution in [1.29, 1.82) is 0 Å². The second-order valence-electron chi connectivity index (χ2n) is 4.58. The predicted molar refractivity (Wildman–Crippen MR) is 58.3 cm³/mol. The maximum atomic E-state index is 13.2. The molecule has 2 nitrogen and oxygen atoms in total. The molecule has 17 heavy (non-hydrogen) atoms. The maximum Gasteiger partial charge on any atom is 0.248 e. The van der Waals surface area contributed by atoms with Crippen LogP contribution in [0.1, 0.15) is 31.2 Å². The van der Waals surface area contributed by atoms with E-state index in [-0.39, 0.29) is 12.8 Å². The molecule has 0 radical (unpaired) electrons. The van der Waals surface area contributed by atoms with Gasteiger partial charge >= 0.3 is 0 Å². The predicted octanol–water partition coefficient (Wildman–Crippen LogP) is 2.84. The van der Waals surface area contributed by atoms with Gasteiger partial charge in [-0.05, 0) is 31.5 Å². The fourth-order valence-electron chi connectivity index (χ4n) is 2.40. The van der Waals surface area contributed by atoms with Crippen molar-refractivity contribution in [2.24, 2.45) is 0 Å². The summed E-state index contributed by atoms with van der Waals surface area (Å²) in [5.74, 6) is -3.03. The number of hydrogen-bond acceptors (Lipinski definition) is 2. The Balaban J connectivity index is 2.27. The monoisotopic (exact) mass is 244 g/mol. The smallest absolute Gasteiger partial charge is 0.248 e. The Labute approximate surface area is 98.2 Å². The number of halogens is 3. The van der Waals surface area contributed by atoms with Gasteiger partial charge in [0.15, 0.2) is 0 Å². The summed E-state index contributed by atoms with van der Waals surface area (Å²) in [6, 6.07) is 1.37. The van der Waals surface area contributed by atoms with E-state index in [1.807, 2.05) is 0 Å². The van der Waals surface area contributed by atoms with E-state index in [2.05, 4.69) is 10.3 Å². The molecule has 1 aromatic rings. The van der Waals surface area contributed by atoms with Crippen molar-refractivity contribution in [3.8, 4) is 0 Å². The molecule has 1 aliphatic rings. The zero-order valence-corrected chi connectivity index (χ0v) is 9.64. The van der Waals surface area contributed by atoms with E-state index in [1.54, 1.807) is 13.2 Å². The van der Waals surface area contributed by atoms with Crippen molar-refractivity contribution < 1.29 is 13.2 Å². The standard InChI is InChI=1S/C12H15F3N2/c1-16-11(2-4-12(14,15)5-3-11)9-6-10(13)8-17-7-9/h6-8,16H,2-5H2,1H3. The third-order valence-electron chi connectivity index (χ3n) is 3.57. The van der Waals surface area contributed by atoms with Crippen molar-refractivity contribution in [3.05, 3.63) is 29.8 Å². The molecular formula is C12H15F3N2. The van der Waals surface area contributed by atoms with E-state index in [1.165, 1.54) is 6.07 Å². The number of alkyl halides is 2. The fraction of sp³-hybridized carbons (Fsp3) is 0.583. The molecule has 1 heterocycles. The fourth-order valence-corrected chi connectivity index (χ4v) is 2.40. The highest BCUT2D eigenvalue weighted by atomic mass is 19.3. The van der Waals surface area contributed by atoms with E-state index >= 15 is 0 Å². The first-order valence-electron chi connectivity index (χ1n) is 5.65. The maximum absolute atomic E-state index is 13.2. The van der Waals surface area contributed by atoms with Crippen molar-refractivity contribution >= 4 is 0 Å². The lowest BCUT2D eigenvalue weighted by Gasteiger charge is -2.40. The normalized spacial score (nSPS) is 22.4. The molecule has 0 aromatic carbocycles. The molecule has 0 bridgehead atoms. The molecule has 0 aliphatic heterocycles. The summed E-state index contributed by atoms with van der Waals surface area (Å²) in [6.45, 7) is 0. The molecule has 0 saturated heterocycles. The lowest BCUT2D eigenvalue weighted by Crippen LogP contribution is -2.45. The van der Waals surface area contributed by atoms with Crippen molar-refractivity contribution in [2.75, 3.05) is 7.05 Å². The second kappa shape index (κ2) is 4.29. The lowest BCUT2D eigenvalue weighted by molar-refractivity contribution is -0.0560. The molecule has 1 fully saturated rings. The number of rotatable bonds is 2. The number of hydrogen-bond donors (Lipinski definition) is 1. The quantitative estimate of drug-likeness (QED) is 0.865. The minimum Gasteiger partial charge on any atom is -0.310 e. The third kappa shape index (κ3) is 2.44. The van der Waals surface area contributed by atoms with Gasteiger partial charge in [-0.25, -0.2) is 13.2 Å². The summed E-state index contributed by atoms with van der Waals surface area (Å²) in [5, 5.41) is 3.06.